The average Bonchev–Trinajstić information content (AvgIpc) is 2.97. The van der Waals surface area contributed by atoms with Gasteiger partial charge < -0.3 is 20.1 Å². The molecule has 1 aliphatic heterocycles. The van der Waals surface area contributed by atoms with E-state index < -0.39 is 5.97 Å². The summed E-state index contributed by atoms with van der Waals surface area (Å²) in [6, 6.07) is 6.78. The van der Waals surface area contributed by atoms with Crippen molar-refractivity contribution in [2.75, 3.05) is 26.8 Å². The molecule has 2 rings (SSSR count). The summed E-state index contributed by atoms with van der Waals surface area (Å²) in [5, 5.41) is 12.0. The number of nitrogens with one attached hydrogen (secondary N) is 1. The first-order valence-electron chi connectivity index (χ1n) is 6.98. The van der Waals surface area contributed by atoms with E-state index >= 15 is 0 Å². The molecule has 1 saturated heterocycles. The van der Waals surface area contributed by atoms with Crippen LogP contribution in [0.1, 0.15) is 22.3 Å². The number of carboxylic acid groups (broad SMARTS) is 1. The molecule has 6 heteroatoms. The number of rotatable bonds is 5. The molecule has 2 amide bonds. The SMILES string of the molecule is CN(CCc1ccccc1C(=O)O)C(=O)NC1CCOC1. The van der Waals surface area contributed by atoms with Crippen LogP contribution in [0.2, 0.25) is 0 Å². The third kappa shape index (κ3) is 4.19. The van der Waals surface area contributed by atoms with Gasteiger partial charge in [0.05, 0.1) is 18.2 Å². The van der Waals surface area contributed by atoms with E-state index in [-0.39, 0.29) is 17.6 Å². The first-order valence-corrected chi connectivity index (χ1v) is 6.98. The van der Waals surface area contributed by atoms with Crippen LogP contribution >= 0.6 is 0 Å². The number of hydrogen-bond donors (Lipinski definition) is 2. The summed E-state index contributed by atoms with van der Waals surface area (Å²) in [4.78, 5) is 24.7. The maximum absolute atomic E-state index is 12.0. The van der Waals surface area contributed by atoms with Gasteiger partial charge in [0.15, 0.2) is 0 Å². The first kappa shape index (κ1) is 15.3. The standard InChI is InChI=1S/C15H20N2O4/c1-17(15(20)16-12-7-9-21-10-12)8-6-11-4-2-3-5-13(11)14(18)19/h2-5,12H,6-10H2,1H3,(H,16,20)(H,18,19). The molecule has 0 bridgehead atoms. The second-order valence-electron chi connectivity index (χ2n) is 5.14. The second kappa shape index (κ2) is 7.08. The molecule has 2 N–H and O–H groups in total. The van der Waals surface area contributed by atoms with Gasteiger partial charge in [0.1, 0.15) is 0 Å². The average molecular weight is 292 g/mol. The van der Waals surface area contributed by atoms with E-state index in [0.717, 1.165) is 12.0 Å². The molecule has 1 aliphatic rings. The Morgan fingerprint density at radius 3 is 2.86 bits per heavy atom. The summed E-state index contributed by atoms with van der Waals surface area (Å²) in [6.45, 7) is 1.70. The van der Waals surface area contributed by atoms with E-state index in [2.05, 4.69) is 5.32 Å². The van der Waals surface area contributed by atoms with Crippen molar-refractivity contribution in [1.82, 2.24) is 10.2 Å². The van der Waals surface area contributed by atoms with Crippen LogP contribution in [0.5, 0.6) is 0 Å². The van der Waals surface area contributed by atoms with Gasteiger partial charge in [-0.3, -0.25) is 0 Å². The Balaban J connectivity index is 1.87. The fourth-order valence-electron chi connectivity index (χ4n) is 2.27. The zero-order chi connectivity index (χ0) is 15.2. The van der Waals surface area contributed by atoms with Crippen LogP contribution in [0, 0.1) is 0 Å². The van der Waals surface area contributed by atoms with E-state index in [9.17, 15) is 9.59 Å². The molecule has 0 saturated carbocycles. The van der Waals surface area contributed by atoms with Gasteiger partial charge >= 0.3 is 12.0 Å². The number of nitrogens with zero attached hydrogens (tertiary/aromatic N) is 1. The van der Waals surface area contributed by atoms with Crippen LogP contribution < -0.4 is 5.32 Å². The smallest absolute Gasteiger partial charge is 0.335 e. The van der Waals surface area contributed by atoms with Crippen molar-refractivity contribution in [2.24, 2.45) is 0 Å². The highest BCUT2D eigenvalue weighted by molar-refractivity contribution is 5.89. The Bertz CT molecular complexity index is 512. The van der Waals surface area contributed by atoms with E-state index in [4.69, 9.17) is 9.84 Å². The maximum atomic E-state index is 12.0. The number of amides is 2. The predicted molar refractivity (Wildman–Crippen MR) is 77.5 cm³/mol. The van der Waals surface area contributed by atoms with Crippen molar-refractivity contribution < 1.29 is 19.4 Å². The van der Waals surface area contributed by atoms with Crippen molar-refractivity contribution in [3.05, 3.63) is 35.4 Å². The number of ether oxygens (including phenoxy) is 1. The summed E-state index contributed by atoms with van der Waals surface area (Å²) in [5.74, 6) is -0.944. The fraction of sp³-hybridized carbons (Fsp3) is 0.467. The Hall–Kier alpha value is -2.08. The van der Waals surface area contributed by atoms with Crippen LogP contribution in [0.15, 0.2) is 24.3 Å². The van der Waals surface area contributed by atoms with Crippen LogP contribution in [0.3, 0.4) is 0 Å². The maximum Gasteiger partial charge on any atom is 0.335 e. The highest BCUT2D eigenvalue weighted by atomic mass is 16.5. The molecule has 114 valence electrons. The monoisotopic (exact) mass is 292 g/mol. The third-order valence-corrected chi connectivity index (χ3v) is 3.57. The first-order chi connectivity index (χ1) is 10.1. The second-order valence-corrected chi connectivity index (χ2v) is 5.14. The minimum Gasteiger partial charge on any atom is -0.478 e. The van der Waals surface area contributed by atoms with E-state index in [1.54, 1.807) is 36.2 Å². The van der Waals surface area contributed by atoms with Crippen LogP contribution in [0.4, 0.5) is 4.79 Å². The Morgan fingerprint density at radius 1 is 1.43 bits per heavy atom. The van der Waals surface area contributed by atoms with Gasteiger partial charge in [0.2, 0.25) is 0 Å². The van der Waals surface area contributed by atoms with E-state index in [1.807, 2.05) is 0 Å². The number of likely N-dealkylation sites (N-methyl/N-ethyl adjacent to an activating group) is 1. The quantitative estimate of drug-likeness (QED) is 0.859. The van der Waals surface area contributed by atoms with E-state index in [0.29, 0.717) is 26.2 Å². The minimum atomic E-state index is -0.944. The summed E-state index contributed by atoms with van der Waals surface area (Å²) in [7, 11) is 1.70. The normalized spacial score (nSPS) is 17.5. The van der Waals surface area contributed by atoms with Gasteiger partial charge in [-0.1, -0.05) is 18.2 Å². The van der Waals surface area contributed by atoms with Gasteiger partial charge in [0.25, 0.3) is 0 Å². The third-order valence-electron chi connectivity index (χ3n) is 3.57. The lowest BCUT2D eigenvalue weighted by Crippen LogP contribution is -2.44. The number of urea groups is 1. The van der Waals surface area contributed by atoms with Crippen molar-refractivity contribution >= 4 is 12.0 Å². The number of carboxylic acids is 1. The minimum absolute atomic E-state index is 0.0752. The van der Waals surface area contributed by atoms with Gasteiger partial charge in [-0.2, -0.15) is 0 Å². The molecule has 1 unspecified atom stereocenters. The molecular formula is C15H20N2O4. The summed E-state index contributed by atoms with van der Waals surface area (Å²) < 4.78 is 5.21. The summed E-state index contributed by atoms with van der Waals surface area (Å²) in [5.41, 5.74) is 1.02. The van der Waals surface area contributed by atoms with Crippen molar-refractivity contribution in [3.8, 4) is 0 Å². The lowest BCUT2D eigenvalue weighted by Gasteiger charge is -2.20. The molecule has 1 heterocycles. The lowest BCUT2D eigenvalue weighted by molar-refractivity contribution is 0.0695. The topological polar surface area (TPSA) is 78.9 Å². The Morgan fingerprint density at radius 2 is 2.19 bits per heavy atom. The summed E-state index contributed by atoms with van der Waals surface area (Å²) in [6.07, 6.45) is 1.34. The van der Waals surface area contributed by atoms with Crippen LogP contribution in [-0.4, -0.2) is 54.9 Å². The zero-order valence-electron chi connectivity index (χ0n) is 12.0. The number of benzene rings is 1. The van der Waals surface area contributed by atoms with Crippen LogP contribution in [-0.2, 0) is 11.2 Å². The molecule has 1 atom stereocenters. The summed E-state index contributed by atoms with van der Waals surface area (Å²) >= 11 is 0. The Labute approximate surface area is 123 Å². The number of hydrogen-bond acceptors (Lipinski definition) is 3. The molecule has 0 aromatic heterocycles. The Kier molecular flexibility index (Phi) is 5.16. The van der Waals surface area contributed by atoms with Gasteiger partial charge in [0, 0.05) is 20.2 Å². The van der Waals surface area contributed by atoms with Crippen molar-refractivity contribution in [3.63, 3.8) is 0 Å². The van der Waals surface area contributed by atoms with Crippen molar-refractivity contribution in [2.45, 2.75) is 18.9 Å². The molecule has 1 fully saturated rings. The van der Waals surface area contributed by atoms with Crippen molar-refractivity contribution in [1.29, 1.82) is 0 Å². The molecular weight excluding hydrogens is 272 g/mol. The van der Waals surface area contributed by atoms with Gasteiger partial charge in [-0.15, -0.1) is 0 Å². The molecule has 0 spiro atoms. The van der Waals surface area contributed by atoms with Crippen LogP contribution in [0.25, 0.3) is 0 Å². The number of aromatic carboxylic acids is 1. The largest absolute Gasteiger partial charge is 0.478 e. The van der Waals surface area contributed by atoms with Gasteiger partial charge in [-0.25, -0.2) is 9.59 Å². The number of carbonyl (C=O) groups is 2. The van der Waals surface area contributed by atoms with Gasteiger partial charge in [-0.05, 0) is 24.5 Å². The molecule has 1 aromatic rings. The molecule has 0 radical (unpaired) electrons. The lowest BCUT2D eigenvalue weighted by atomic mass is 10.0. The number of carbonyl (C=O) groups excluding carboxylic acids is 1. The molecule has 0 aliphatic carbocycles. The zero-order valence-corrected chi connectivity index (χ0v) is 12.0. The molecule has 21 heavy (non-hydrogen) atoms. The van der Waals surface area contributed by atoms with E-state index in [1.165, 1.54) is 0 Å². The fourth-order valence-corrected chi connectivity index (χ4v) is 2.27. The predicted octanol–water partition coefficient (Wildman–Crippen LogP) is 1.36. The molecule has 1 aromatic carbocycles. The highest BCUT2D eigenvalue weighted by Gasteiger charge is 2.19. The molecule has 6 nitrogen and oxygen atoms in total. The highest BCUT2D eigenvalue weighted by Crippen LogP contribution is 2.10.